The fourth-order valence-corrected chi connectivity index (χ4v) is 4.98. The molecular formula is C20H30N2O5S. The molecule has 1 N–H and O–H groups in total. The van der Waals surface area contributed by atoms with Crippen molar-refractivity contribution >= 4 is 15.7 Å². The molecule has 156 valence electrons. The number of carbonyl (C=O) groups excluding carboxylic acids is 1. The van der Waals surface area contributed by atoms with E-state index in [-0.39, 0.29) is 18.6 Å². The minimum atomic E-state index is -3.22. The molecule has 0 unspecified atom stereocenters. The lowest BCUT2D eigenvalue weighted by atomic mass is 9.78. The Hall–Kier alpha value is -1.48. The Balaban J connectivity index is 1.72. The van der Waals surface area contributed by atoms with Crippen LogP contribution in [0.2, 0.25) is 0 Å². The average molecular weight is 411 g/mol. The van der Waals surface area contributed by atoms with E-state index in [4.69, 9.17) is 9.47 Å². The summed E-state index contributed by atoms with van der Waals surface area (Å²) < 4.78 is 34.9. The highest BCUT2D eigenvalue weighted by molar-refractivity contribution is 7.90. The number of nitrogens with one attached hydrogen (secondary N) is 1. The van der Waals surface area contributed by atoms with Crippen LogP contribution in [-0.2, 0) is 30.7 Å². The molecule has 7 nitrogen and oxygen atoms in total. The van der Waals surface area contributed by atoms with Gasteiger partial charge in [-0.1, -0.05) is 25.0 Å². The predicted molar refractivity (Wildman–Crippen MR) is 106 cm³/mol. The average Bonchev–Trinajstić information content (AvgIpc) is 2.64. The molecule has 1 aliphatic carbocycles. The van der Waals surface area contributed by atoms with Crippen LogP contribution in [-0.4, -0.2) is 70.5 Å². The predicted octanol–water partition coefficient (Wildman–Crippen LogP) is 1.37. The Morgan fingerprint density at radius 2 is 2.21 bits per heavy atom. The van der Waals surface area contributed by atoms with E-state index >= 15 is 0 Å². The number of amides is 1. The van der Waals surface area contributed by atoms with Crippen LogP contribution in [0, 0.1) is 0 Å². The smallest absolute Gasteiger partial charge is 0.246 e. The molecule has 28 heavy (non-hydrogen) atoms. The van der Waals surface area contributed by atoms with E-state index in [0.717, 1.165) is 37.8 Å². The summed E-state index contributed by atoms with van der Waals surface area (Å²) in [6.45, 7) is 2.81. The van der Waals surface area contributed by atoms with Crippen LogP contribution in [0.25, 0.3) is 0 Å². The third-order valence-electron chi connectivity index (χ3n) is 5.61. The number of hydrogen-bond donors (Lipinski definition) is 1. The molecule has 2 aliphatic rings. The Labute approximate surface area is 167 Å². The van der Waals surface area contributed by atoms with E-state index in [0.29, 0.717) is 24.6 Å². The quantitative estimate of drug-likeness (QED) is 0.762. The van der Waals surface area contributed by atoms with Gasteiger partial charge in [0.1, 0.15) is 12.2 Å². The second-order valence-electron chi connectivity index (χ2n) is 7.84. The number of nitrogens with zero attached hydrogens (tertiary/aromatic N) is 1. The SMILES string of the molecule is COCC(=O)N[C@H]1CCCC[C@]12CN(Cc1cccc(S(C)(=O)=O)c1)CCO2. The molecule has 0 radical (unpaired) electrons. The summed E-state index contributed by atoms with van der Waals surface area (Å²) in [5.41, 5.74) is 0.574. The van der Waals surface area contributed by atoms with Gasteiger partial charge in [-0.25, -0.2) is 8.42 Å². The molecule has 1 saturated heterocycles. The summed E-state index contributed by atoms with van der Waals surface area (Å²) in [6.07, 6.45) is 5.18. The molecule has 1 amide bonds. The van der Waals surface area contributed by atoms with E-state index in [9.17, 15) is 13.2 Å². The number of carbonyl (C=O) groups is 1. The molecule has 0 aromatic heterocycles. The zero-order valence-electron chi connectivity index (χ0n) is 16.6. The lowest BCUT2D eigenvalue weighted by molar-refractivity contribution is -0.152. The second kappa shape index (κ2) is 8.90. The van der Waals surface area contributed by atoms with Crippen LogP contribution >= 0.6 is 0 Å². The topological polar surface area (TPSA) is 84.9 Å². The lowest BCUT2D eigenvalue weighted by Crippen LogP contribution is -2.64. The van der Waals surface area contributed by atoms with E-state index in [1.54, 1.807) is 18.2 Å². The second-order valence-corrected chi connectivity index (χ2v) is 9.86. The zero-order valence-corrected chi connectivity index (χ0v) is 17.5. The molecule has 1 saturated carbocycles. The zero-order chi connectivity index (χ0) is 20.2. The minimum absolute atomic E-state index is 0.0333. The van der Waals surface area contributed by atoms with Gasteiger partial charge in [0.2, 0.25) is 5.91 Å². The molecule has 1 heterocycles. The van der Waals surface area contributed by atoms with Crippen LogP contribution in [0.1, 0.15) is 31.2 Å². The van der Waals surface area contributed by atoms with Gasteiger partial charge in [-0.3, -0.25) is 9.69 Å². The van der Waals surface area contributed by atoms with Gasteiger partial charge >= 0.3 is 0 Å². The first-order chi connectivity index (χ1) is 13.3. The van der Waals surface area contributed by atoms with Gasteiger partial charge in [0, 0.05) is 33.0 Å². The first-order valence-electron chi connectivity index (χ1n) is 9.76. The fourth-order valence-electron chi connectivity index (χ4n) is 4.29. The molecule has 1 aliphatic heterocycles. The Morgan fingerprint density at radius 3 is 2.96 bits per heavy atom. The standard InChI is InChI=1S/C20H30N2O5S/c1-26-14-19(23)21-18-8-3-4-9-20(18)15-22(10-11-27-20)13-16-6-5-7-17(12-16)28(2,24)25/h5-7,12,18H,3-4,8-11,13-15H2,1-2H3,(H,21,23)/t18-,20-/m0/s1. The maximum absolute atomic E-state index is 12.1. The van der Waals surface area contributed by atoms with Crippen LogP contribution < -0.4 is 5.32 Å². The van der Waals surface area contributed by atoms with Gasteiger partial charge in [0.05, 0.1) is 17.5 Å². The van der Waals surface area contributed by atoms with Crippen LogP contribution in [0.5, 0.6) is 0 Å². The molecule has 0 bridgehead atoms. The number of ether oxygens (including phenoxy) is 2. The number of sulfone groups is 1. The highest BCUT2D eigenvalue weighted by Crippen LogP contribution is 2.35. The third kappa shape index (κ3) is 5.11. The number of methoxy groups -OCH3 is 1. The summed E-state index contributed by atoms with van der Waals surface area (Å²) in [5.74, 6) is -0.115. The maximum Gasteiger partial charge on any atom is 0.246 e. The summed E-state index contributed by atoms with van der Waals surface area (Å²) in [5, 5.41) is 3.10. The van der Waals surface area contributed by atoms with Crippen LogP contribution in [0.15, 0.2) is 29.2 Å². The van der Waals surface area contributed by atoms with Gasteiger partial charge in [-0.15, -0.1) is 0 Å². The molecule has 8 heteroatoms. The van der Waals surface area contributed by atoms with Gasteiger partial charge in [-0.05, 0) is 30.5 Å². The molecule has 2 fully saturated rings. The highest BCUT2D eigenvalue weighted by Gasteiger charge is 2.45. The lowest BCUT2D eigenvalue weighted by Gasteiger charge is -2.49. The largest absolute Gasteiger partial charge is 0.375 e. The van der Waals surface area contributed by atoms with E-state index in [1.807, 2.05) is 6.07 Å². The molecule has 3 rings (SSSR count). The van der Waals surface area contributed by atoms with Crippen molar-refractivity contribution in [1.29, 1.82) is 0 Å². The van der Waals surface area contributed by atoms with E-state index < -0.39 is 15.4 Å². The van der Waals surface area contributed by atoms with Crippen molar-refractivity contribution < 1.29 is 22.7 Å². The summed E-state index contributed by atoms with van der Waals surface area (Å²) in [7, 11) is -1.71. The Kier molecular flexibility index (Phi) is 6.75. The van der Waals surface area contributed by atoms with Crippen molar-refractivity contribution in [3.05, 3.63) is 29.8 Å². The van der Waals surface area contributed by atoms with Gasteiger partial charge < -0.3 is 14.8 Å². The molecule has 1 aromatic carbocycles. The van der Waals surface area contributed by atoms with Crippen LogP contribution in [0.3, 0.4) is 0 Å². The first-order valence-corrected chi connectivity index (χ1v) is 11.7. The molecule has 1 spiro atoms. The Morgan fingerprint density at radius 1 is 1.39 bits per heavy atom. The number of benzene rings is 1. The van der Waals surface area contributed by atoms with Crippen molar-refractivity contribution in [3.63, 3.8) is 0 Å². The maximum atomic E-state index is 12.1. The van der Waals surface area contributed by atoms with E-state index in [1.165, 1.54) is 13.4 Å². The molecule has 2 atom stereocenters. The van der Waals surface area contributed by atoms with Gasteiger partial charge in [-0.2, -0.15) is 0 Å². The van der Waals surface area contributed by atoms with Gasteiger partial charge in [0.15, 0.2) is 9.84 Å². The number of hydrogen-bond acceptors (Lipinski definition) is 6. The van der Waals surface area contributed by atoms with Crippen molar-refractivity contribution in [2.24, 2.45) is 0 Å². The first kappa shape index (κ1) is 21.2. The fraction of sp³-hybridized carbons (Fsp3) is 0.650. The van der Waals surface area contributed by atoms with Gasteiger partial charge in [0.25, 0.3) is 0 Å². The monoisotopic (exact) mass is 410 g/mol. The van der Waals surface area contributed by atoms with Crippen molar-refractivity contribution in [2.45, 2.75) is 48.8 Å². The molecular weight excluding hydrogens is 380 g/mol. The van der Waals surface area contributed by atoms with Crippen molar-refractivity contribution in [2.75, 3.05) is 39.7 Å². The highest BCUT2D eigenvalue weighted by atomic mass is 32.2. The molecule has 1 aromatic rings. The van der Waals surface area contributed by atoms with Crippen LogP contribution in [0.4, 0.5) is 0 Å². The number of morpholine rings is 1. The third-order valence-corrected chi connectivity index (χ3v) is 6.72. The number of rotatable bonds is 6. The minimum Gasteiger partial charge on any atom is -0.375 e. The van der Waals surface area contributed by atoms with Crippen molar-refractivity contribution in [3.8, 4) is 0 Å². The summed E-state index contributed by atoms with van der Waals surface area (Å²) >= 11 is 0. The van der Waals surface area contributed by atoms with Crippen molar-refractivity contribution in [1.82, 2.24) is 10.2 Å². The summed E-state index contributed by atoms with van der Waals surface area (Å²) in [6, 6.07) is 7.08. The summed E-state index contributed by atoms with van der Waals surface area (Å²) in [4.78, 5) is 14.7. The Bertz CT molecular complexity index is 794. The normalized spacial score (nSPS) is 26.3. The van der Waals surface area contributed by atoms with E-state index in [2.05, 4.69) is 10.2 Å².